The van der Waals surface area contributed by atoms with E-state index >= 15 is 0 Å². The lowest BCUT2D eigenvalue weighted by molar-refractivity contribution is -0.928. The van der Waals surface area contributed by atoms with E-state index in [1.807, 2.05) is 0 Å². The summed E-state index contributed by atoms with van der Waals surface area (Å²) in [6.07, 6.45) is 42.7. The summed E-state index contributed by atoms with van der Waals surface area (Å²) < 4.78 is 50.6. The average molecular weight is 1740 g/mol. The molecule has 0 atom stereocenters. The van der Waals surface area contributed by atoms with Crippen molar-refractivity contribution in [1.29, 1.82) is 0 Å². The van der Waals surface area contributed by atoms with Crippen LogP contribution in [0.4, 0.5) is 17.3 Å². The zero-order chi connectivity index (χ0) is 95.6. The summed E-state index contributed by atoms with van der Waals surface area (Å²) in [7, 11) is -12.7. The van der Waals surface area contributed by atoms with Gasteiger partial charge in [-0.25, -0.2) is 0 Å². The molecule has 0 radical (unpaired) electrons. The molecular formula is C96H224B4F4N8O8. The van der Waals surface area contributed by atoms with Crippen molar-refractivity contribution in [1.82, 2.24) is 0 Å². The maximum absolute atomic E-state index is 9.89. The molecule has 0 aliphatic heterocycles. The summed E-state index contributed by atoms with van der Waals surface area (Å²) in [6, 6.07) is 0. The Labute approximate surface area is 755 Å². The van der Waals surface area contributed by atoms with Crippen LogP contribution in [0.3, 0.4) is 0 Å². The SMILES string of the molecule is CCC[N+](CCC)(CCC)CCC.CCC[N+](CCC)(CCC)CCC.CCC[N+](CCC)(CCC)CCC.CCC[N+](CCC)(CCC)CCC.CCC[N+](CCC)(CCC)CCC.CCC[N+](CCC)(CCC)CCC.CCC[N+](CCC)(CCC)CCC.CCC[N+](CCC)(CCC)CCC.[O-]B([O-])F.[O-]B([O-])F.[O-]B([O-])F.[O-]B([O-])F. The predicted molar refractivity (Wildman–Crippen MR) is 515 cm³/mol. The van der Waals surface area contributed by atoms with Gasteiger partial charge in [0.25, 0.3) is 0 Å². The van der Waals surface area contributed by atoms with Gasteiger partial charge in [0, 0.05) is 0 Å². The lowest BCUT2D eigenvalue weighted by Crippen LogP contribution is -2.50. The molecular weight excluding hydrogens is 1510 g/mol. The van der Waals surface area contributed by atoms with Crippen LogP contribution in [0.2, 0.25) is 0 Å². The van der Waals surface area contributed by atoms with E-state index in [0.29, 0.717) is 0 Å². The van der Waals surface area contributed by atoms with Crippen molar-refractivity contribution in [3.8, 4) is 0 Å². The fourth-order valence-corrected chi connectivity index (χ4v) is 20.5. The number of quaternary nitrogens is 8. The monoisotopic (exact) mass is 1740 g/mol. The van der Waals surface area contributed by atoms with E-state index in [-0.39, 0.29) is 0 Å². The van der Waals surface area contributed by atoms with Crippen molar-refractivity contribution in [2.24, 2.45) is 0 Å². The third kappa shape index (κ3) is 97.9. The van der Waals surface area contributed by atoms with Crippen molar-refractivity contribution >= 4 is 29.6 Å². The Bertz CT molecular complexity index is 1230. The Kier molecular flexibility index (Phi) is 129. The average Bonchev–Trinajstić information content (AvgIpc) is 3.64. The van der Waals surface area contributed by atoms with Gasteiger partial charge in [-0.2, -0.15) is 0 Å². The van der Waals surface area contributed by atoms with E-state index < -0.39 is 29.6 Å². The van der Waals surface area contributed by atoms with Gasteiger partial charge in [-0.1, -0.05) is 222 Å². The Morgan fingerprint density at radius 3 is 0.150 bits per heavy atom. The lowest BCUT2D eigenvalue weighted by Gasteiger charge is -2.38. The highest BCUT2D eigenvalue weighted by Gasteiger charge is 2.29. The standard InChI is InChI=1S/8C12H28N.4BFO2/c8*1-5-9-13(10-6-2,11-7-3)12-8-4;4*2-1(3)4/h8*5-12H2,1-4H3;;;;/q8*+1;4*-2. The van der Waals surface area contributed by atoms with Crippen molar-refractivity contribution in [3.05, 3.63) is 0 Å². The molecule has 0 aromatic rings. The van der Waals surface area contributed by atoms with Gasteiger partial charge in [0.2, 0.25) is 0 Å². The summed E-state index contributed by atoms with van der Waals surface area (Å²) in [5.74, 6) is 0. The molecule has 0 unspecified atom stereocenters. The Morgan fingerprint density at radius 2 is 0.133 bits per heavy atom. The Balaban J connectivity index is -0.000000108. The molecule has 120 heavy (non-hydrogen) atoms. The number of nitrogens with zero attached hydrogens (tertiary/aromatic N) is 8. The predicted octanol–water partition coefficient (Wildman–Crippen LogP) is 18.2. The minimum absolute atomic E-state index is 1.33. The Hall–Kier alpha value is -0.660. The normalized spacial score (nSPS) is 11.3. The molecule has 0 aromatic heterocycles. The highest BCUT2D eigenvalue weighted by molar-refractivity contribution is 6.27. The van der Waals surface area contributed by atoms with Gasteiger partial charge in [-0.3, -0.25) is 0 Å². The lowest BCUT2D eigenvalue weighted by atomic mass is 10.2. The van der Waals surface area contributed by atoms with Crippen LogP contribution in [-0.4, -0.2) is 275 Å². The topological polar surface area (TPSA) is 184 Å². The summed E-state index contributed by atoms with van der Waals surface area (Å²) in [5, 5.41) is 66.4. The molecule has 0 saturated carbocycles. The first-order chi connectivity index (χ1) is 56.9. The second kappa shape index (κ2) is 107. The van der Waals surface area contributed by atoms with Crippen LogP contribution in [-0.2, 0) is 0 Å². The smallest absolute Gasteiger partial charge is 0.121 e. The molecule has 0 aliphatic carbocycles. The van der Waals surface area contributed by atoms with Crippen LogP contribution in [0, 0.1) is 0 Å². The maximum atomic E-state index is 9.89. The molecule has 0 fully saturated rings. The summed E-state index contributed by atoms with van der Waals surface area (Å²) in [4.78, 5) is 0. The molecule has 0 amide bonds. The van der Waals surface area contributed by atoms with Crippen molar-refractivity contribution < 1.29 is 93.3 Å². The van der Waals surface area contributed by atoms with Crippen LogP contribution >= 0.6 is 0 Å². The van der Waals surface area contributed by atoms with Crippen molar-refractivity contribution in [3.63, 3.8) is 0 Å². The zero-order valence-electron chi connectivity index (χ0n) is 87.9. The Morgan fingerprint density at radius 1 is 0.108 bits per heavy atom. The summed E-state index contributed by atoms with van der Waals surface area (Å²) in [6.45, 7) is 118. The third-order valence-electron chi connectivity index (χ3n) is 22.3. The van der Waals surface area contributed by atoms with E-state index in [2.05, 4.69) is 222 Å². The van der Waals surface area contributed by atoms with Gasteiger partial charge in [-0.15, -0.1) is 0 Å². The van der Waals surface area contributed by atoms with Gasteiger partial charge in [-0.05, 0) is 205 Å². The number of halogens is 4. The van der Waals surface area contributed by atoms with E-state index in [9.17, 15) is 17.3 Å². The van der Waals surface area contributed by atoms with Crippen LogP contribution in [0.5, 0.6) is 0 Å². The fraction of sp³-hybridized carbons (Fsp3) is 1.00. The first kappa shape index (κ1) is 145. The van der Waals surface area contributed by atoms with Gasteiger partial charge < -0.3 is 93.3 Å². The van der Waals surface area contributed by atoms with Gasteiger partial charge in [0.15, 0.2) is 0 Å². The molecule has 0 spiro atoms. The molecule has 0 saturated heterocycles. The first-order valence-electron chi connectivity index (χ1n) is 51.5. The van der Waals surface area contributed by atoms with Crippen LogP contribution in [0.15, 0.2) is 0 Å². The number of rotatable bonds is 64. The molecule has 736 valence electrons. The molecule has 24 heteroatoms. The van der Waals surface area contributed by atoms with Crippen LogP contribution < -0.4 is 40.2 Å². The molecule has 0 rings (SSSR count). The van der Waals surface area contributed by atoms with E-state index in [4.69, 9.17) is 40.2 Å². The minimum atomic E-state index is -3.17. The molecule has 0 aromatic carbocycles. The molecule has 0 N–H and O–H groups in total. The fourth-order valence-electron chi connectivity index (χ4n) is 20.5. The van der Waals surface area contributed by atoms with E-state index in [1.165, 1.54) is 451 Å². The number of hydrogen-bond acceptors (Lipinski definition) is 8. The van der Waals surface area contributed by atoms with Crippen molar-refractivity contribution in [2.75, 3.05) is 209 Å². The van der Waals surface area contributed by atoms with E-state index in [1.54, 1.807) is 0 Å². The summed E-state index contributed by atoms with van der Waals surface area (Å²) >= 11 is 0. The van der Waals surface area contributed by atoms with Crippen LogP contribution in [0.1, 0.15) is 427 Å². The second-order valence-electron chi connectivity index (χ2n) is 35.0. The van der Waals surface area contributed by atoms with Crippen LogP contribution in [0.25, 0.3) is 0 Å². The van der Waals surface area contributed by atoms with Gasteiger partial charge >= 0.3 is 0 Å². The highest BCUT2D eigenvalue weighted by Crippen LogP contribution is 2.20. The highest BCUT2D eigenvalue weighted by atomic mass is 19.1. The first-order valence-corrected chi connectivity index (χ1v) is 51.5. The van der Waals surface area contributed by atoms with Gasteiger partial charge in [0.1, 0.15) is 29.6 Å². The van der Waals surface area contributed by atoms with Crippen molar-refractivity contribution in [2.45, 2.75) is 427 Å². The van der Waals surface area contributed by atoms with Gasteiger partial charge in [0.05, 0.1) is 209 Å². The maximum Gasteiger partial charge on any atom is 0.121 e. The third-order valence-corrected chi connectivity index (χ3v) is 22.3. The second-order valence-corrected chi connectivity index (χ2v) is 35.0. The van der Waals surface area contributed by atoms with E-state index in [0.717, 1.165) is 0 Å². The summed E-state index contributed by atoms with van der Waals surface area (Å²) in [5.41, 5.74) is 0. The minimum Gasteiger partial charge on any atom is -0.867 e. The molecule has 0 bridgehead atoms. The largest absolute Gasteiger partial charge is 0.867 e. The number of hydrogen-bond donors (Lipinski definition) is 0. The quantitative estimate of drug-likeness (QED) is 0.0327. The molecule has 0 aliphatic rings. The molecule has 0 heterocycles. The molecule has 16 nitrogen and oxygen atoms in total. The zero-order valence-corrected chi connectivity index (χ0v) is 87.9.